The molecule has 6 heteroatoms. The molecule has 0 radical (unpaired) electrons. The Morgan fingerprint density at radius 3 is 2.22 bits per heavy atom. The minimum absolute atomic E-state index is 0.0712. The van der Waals surface area contributed by atoms with Crippen molar-refractivity contribution in [1.82, 2.24) is 5.32 Å². The Kier molecular flexibility index (Phi) is 6.88. The maximum atomic E-state index is 11.9. The minimum atomic E-state index is -0.597. The van der Waals surface area contributed by atoms with Crippen LogP contribution in [0.1, 0.15) is 32.8 Å². The van der Waals surface area contributed by atoms with Gasteiger partial charge in [0.1, 0.15) is 11.4 Å². The van der Waals surface area contributed by atoms with E-state index in [0.29, 0.717) is 6.42 Å². The molecule has 0 unspecified atom stereocenters. The molecule has 0 aromatic heterocycles. The first-order valence-corrected chi connectivity index (χ1v) is 7.42. The summed E-state index contributed by atoms with van der Waals surface area (Å²) in [5.41, 5.74) is 0.371. The van der Waals surface area contributed by atoms with E-state index in [0.717, 1.165) is 11.3 Å². The van der Waals surface area contributed by atoms with Crippen LogP contribution in [0.4, 0.5) is 4.79 Å². The van der Waals surface area contributed by atoms with Crippen molar-refractivity contribution < 1.29 is 23.8 Å². The summed E-state index contributed by atoms with van der Waals surface area (Å²) in [7, 11) is 2.92. The van der Waals surface area contributed by atoms with Gasteiger partial charge >= 0.3 is 12.1 Å². The van der Waals surface area contributed by atoms with Gasteiger partial charge < -0.3 is 19.5 Å². The number of methoxy groups -OCH3 is 2. The Morgan fingerprint density at radius 1 is 1.13 bits per heavy atom. The highest BCUT2D eigenvalue weighted by Crippen LogP contribution is 2.14. The molecule has 1 atom stereocenters. The fraction of sp³-hybridized carbons (Fsp3) is 0.529. The van der Waals surface area contributed by atoms with Crippen molar-refractivity contribution >= 4 is 12.1 Å². The van der Waals surface area contributed by atoms with E-state index < -0.39 is 17.7 Å². The van der Waals surface area contributed by atoms with Gasteiger partial charge in [0.25, 0.3) is 0 Å². The lowest BCUT2D eigenvalue weighted by atomic mass is 10.0. The van der Waals surface area contributed by atoms with Gasteiger partial charge in [0.05, 0.1) is 20.6 Å². The van der Waals surface area contributed by atoms with Gasteiger partial charge in [-0.25, -0.2) is 4.79 Å². The highest BCUT2D eigenvalue weighted by molar-refractivity contribution is 5.72. The number of esters is 1. The summed E-state index contributed by atoms with van der Waals surface area (Å²) in [6.07, 6.45) is 0.0000294. The van der Waals surface area contributed by atoms with Gasteiger partial charge in [-0.3, -0.25) is 4.79 Å². The molecule has 1 rings (SSSR count). The summed E-state index contributed by atoms with van der Waals surface area (Å²) < 4.78 is 15.0. The molecule has 0 saturated heterocycles. The van der Waals surface area contributed by atoms with Crippen molar-refractivity contribution in [2.75, 3.05) is 14.2 Å². The van der Waals surface area contributed by atoms with Gasteiger partial charge in [-0.1, -0.05) is 12.1 Å². The predicted molar refractivity (Wildman–Crippen MR) is 86.5 cm³/mol. The van der Waals surface area contributed by atoms with Crippen LogP contribution in [0.2, 0.25) is 0 Å². The van der Waals surface area contributed by atoms with E-state index in [-0.39, 0.29) is 12.4 Å². The largest absolute Gasteiger partial charge is 0.497 e. The van der Waals surface area contributed by atoms with Crippen molar-refractivity contribution in [3.63, 3.8) is 0 Å². The van der Waals surface area contributed by atoms with Crippen LogP contribution in [0.25, 0.3) is 0 Å². The number of hydrogen-bond acceptors (Lipinski definition) is 5. The molecule has 1 N–H and O–H groups in total. The van der Waals surface area contributed by atoms with Gasteiger partial charge in [0, 0.05) is 6.04 Å². The first-order chi connectivity index (χ1) is 10.7. The van der Waals surface area contributed by atoms with E-state index in [1.54, 1.807) is 27.9 Å². The van der Waals surface area contributed by atoms with Gasteiger partial charge in [0.15, 0.2) is 0 Å². The topological polar surface area (TPSA) is 73.9 Å². The van der Waals surface area contributed by atoms with Crippen LogP contribution in [0, 0.1) is 0 Å². The van der Waals surface area contributed by atoms with Gasteiger partial charge in [-0.05, 0) is 44.9 Å². The zero-order chi connectivity index (χ0) is 17.5. The van der Waals surface area contributed by atoms with Gasteiger partial charge in [0.2, 0.25) is 0 Å². The van der Waals surface area contributed by atoms with Crippen LogP contribution in [-0.4, -0.2) is 37.9 Å². The third-order valence-corrected chi connectivity index (χ3v) is 3.00. The Labute approximate surface area is 137 Å². The summed E-state index contributed by atoms with van der Waals surface area (Å²) in [6.45, 7) is 5.35. The summed E-state index contributed by atoms with van der Waals surface area (Å²) in [6, 6.07) is 7.03. The fourth-order valence-electron chi connectivity index (χ4n) is 1.98. The van der Waals surface area contributed by atoms with Crippen molar-refractivity contribution in [2.45, 2.75) is 45.3 Å². The van der Waals surface area contributed by atoms with E-state index in [9.17, 15) is 9.59 Å². The highest BCUT2D eigenvalue weighted by Gasteiger charge is 2.22. The zero-order valence-electron chi connectivity index (χ0n) is 14.3. The number of carbonyl (C=O) groups excluding carboxylic acids is 2. The molecular formula is C17H25NO5. The molecule has 0 spiro atoms. The number of carbonyl (C=O) groups is 2. The minimum Gasteiger partial charge on any atom is -0.497 e. The van der Waals surface area contributed by atoms with Gasteiger partial charge in [-0.15, -0.1) is 0 Å². The molecule has 0 fully saturated rings. The molecule has 0 aliphatic carbocycles. The molecule has 128 valence electrons. The molecule has 1 aromatic rings. The molecule has 0 aliphatic heterocycles. The van der Waals surface area contributed by atoms with E-state index >= 15 is 0 Å². The molecule has 6 nitrogen and oxygen atoms in total. The summed E-state index contributed by atoms with van der Waals surface area (Å²) in [4.78, 5) is 23.5. The maximum absolute atomic E-state index is 11.9. The molecule has 1 aromatic carbocycles. The van der Waals surface area contributed by atoms with Crippen molar-refractivity contribution in [3.05, 3.63) is 29.8 Å². The Hall–Kier alpha value is -2.24. The van der Waals surface area contributed by atoms with Crippen LogP contribution in [0.3, 0.4) is 0 Å². The zero-order valence-corrected chi connectivity index (χ0v) is 14.3. The summed E-state index contributed by atoms with van der Waals surface area (Å²) in [5, 5.41) is 2.72. The monoisotopic (exact) mass is 323 g/mol. The number of amides is 1. The SMILES string of the molecule is COC(=O)C[C@@H](Cc1ccc(OC)cc1)NC(=O)OC(C)(C)C. The highest BCUT2D eigenvalue weighted by atomic mass is 16.6. The van der Waals surface area contributed by atoms with Crippen LogP contribution < -0.4 is 10.1 Å². The summed E-state index contributed by atoms with van der Waals surface area (Å²) >= 11 is 0. The average molecular weight is 323 g/mol. The second-order valence-electron chi connectivity index (χ2n) is 6.18. The molecule has 23 heavy (non-hydrogen) atoms. The second-order valence-corrected chi connectivity index (χ2v) is 6.18. The second kappa shape index (κ2) is 8.41. The standard InChI is InChI=1S/C17H25NO5/c1-17(2,3)23-16(20)18-13(11-15(19)22-5)10-12-6-8-14(21-4)9-7-12/h6-9,13H,10-11H2,1-5H3,(H,18,20)/t13-/m1/s1. The van der Waals surface area contributed by atoms with E-state index in [1.165, 1.54) is 7.11 Å². The molecular weight excluding hydrogens is 298 g/mol. The van der Waals surface area contributed by atoms with E-state index in [4.69, 9.17) is 9.47 Å². The van der Waals surface area contributed by atoms with Crippen LogP contribution >= 0.6 is 0 Å². The normalized spacial score (nSPS) is 12.2. The number of benzene rings is 1. The molecule has 0 aliphatic rings. The predicted octanol–water partition coefficient (Wildman–Crippen LogP) is 2.69. The first kappa shape index (κ1) is 18.8. The Balaban J connectivity index is 2.74. The van der Waals surface area contributed by atoms with Crippen LogP contribution in [-0.2, 0) is 20.7 Å². The number of nitrogens with one attached hydrogen (secondary N) is 1. The summed E-state index contributed by atoms with van der Waals surface area (Å²) in [5.74, 6) is 0.359. The van der Waals surface area contributed by atoms with E-state index in [2.05, 4.69) is 10.1 Å². The molecule has 1 amide bonds. The third-order valence-electron chi connectivity index (χ3n) is 3.00. The molecule has 0 saturated carbocycles. The number of rotatable bonds is 6. The van der Waals surface area contributed by atoms with Crippen LogP contribution in [0.15, 0.2) is 24.3 Å². The number of alkyl carbamates (subject to hydrolysis) is 1. The molecule has 0 heterocycles. The van der Waals surface area contributed by atoms with Gasteiger partial charge in [-0.2, -0.15) is 0 Å². The number of hydrogen-bond donors (Lipinski definition) is 1. The quantitative estimate of drug-likeness (QED) is 0.815. The Bertz CT molecular complexity index is 519. The lowest BCUT2D eigenvalue weighted by Gasteiger charge is -2.23. The average Bonchev–Trinajstić information content (AvgIpc) is 2.45. The van der Waals surface area contributed by atoms with Crippen molar-refractivity contribution in [2.24, 2.45) is 0 Å². The van der Waals surface area contributed by atoms with Crippen molar-refractivity contribution in [1.29, 1.82) is 0 Å². The lowest BCUT2D eigenvalue weighted by Crippen LogP contribution is -2.41. The molecule has 0 bridgehead atoms. The smallest absolute Gasteiger partial charge is 0.407 e. The Morgan fingerprint density at radius 2 is 1.74 bits per heavy atom. The first-order valence-electron chi connectivity index (χ1n) is 7.42. The van der Waals surface area contributed by atoms with Crippen molar-refractivity contribution in [3.8, 4) is 5.75 Å². The number of ether oxygens (including phenoxy) is 3. The van der Waals surface area contributed by atoms with E-state index in [1.807, 2.05) is 24.3 Å². The van der Waals surface area contributed by atoms with Crippen LogP contribution in [0.5, 0.6) is 5.75 Å². The third kappa shape index (κ3) is 7.54. The fourth-order valence-corrected chi connectivity index (χ4v) is 1.98. The lowest BCUT2D eigenvalue weighted by molar-refractivity contribution is -0.141. The maximum Gasteiger partial charge on any atom is 0.407 e.